The highest BCUT2D eigenvalue weighted by Crippen LogP contribution is 2.21. The van der Waals surface area contributed by atoms with Gasteiger partial charge in [-0.25, -0.2) is 18.2 Å². The number of rotatable bonds is 4. The van der Waals surface area contributed by atoms with Gasteiger partial charge in [0.2, 0.25) is 5.95 Å². The highest BCUT2D eigenvalue weighted by atomic mass is 19.2. The summed E-state index contributed by atoms with van der Waals surface area (Å²) in [6, 6.07) is 7.38. The van der Waals surface area contributed by atoms with Crippen LogP contribution in [0.25, 0.3) is 11.0 Å². The van der Waals surface area contributed by atoms with E-state index in [0.29, 0.717) is 17.2 Å². The zero-order valence-corrected chi connectivity index (χ0v) is 11.6. The van der Waals surface area contributed by atoms with Crippen molar-refractivity contribution in [2.45, 2.75) is 6.54 Å². The first kappa shape index (κ1) is 14.2. The number of benzene rings is 2. The van der Waals surface area contributed by atoms with Crippen LogP contribution < -0.4 is 10.1 Å². The van der Waals surface area contributed by atoms with E-state index < -0.39 is 17.5 Å². The topological polar surface area (TPSA) is 49.9 Å². The van der Waals surface area contributed by atoms with E-state index in [0.717, 1.165) is 11.6 Å². The second kappa shape index (κ2) is 5.59. The lowest BCUT2D eigenvalue weighted by atomic mass is 10.2. The molecule has 0 radical (unpaired) electrons. The number of halogens is 3. The minimum Gasteiger partial charge on any atom is -0.497 e. The molecule has 3 aromatic rings. The molecule has 0 fully saturated rings. The number of fused-ring (bicyclic) bond motifs is 1. The summed E-state index contributed by atoms with van der Waals surface area (Å²) in [5, 5.41) is 2.84. The van der Waals surface area contributed by atoms with E-state index in [1.807, 2.05) is 0 Å². The number of ether oxygens (including phenoxy) is 1. The summed E-state index contributed by atoms with van der Waals surface area (Å²) < 4.78 is 44.7. The van der Waals surface area contributed by atoms with Crippen LogP contribution in [0.1, 0.15) is 5.56 Å². The lowest BCUT2D eigenvalue weighted by molar-refractivity contribution is 0.415. The third-order valence-electron chi connectivity index (χ3n) is 3.25. The molecule has 0 aliphatic heterocycles. The van der Waals surface area contributed by atoms with Crippen LogP contribution in [0.2, 0.25) is 0 Å². The number of aromatic amines is 1. The van der Waals surface area contributed by atoms with Crippen molar-refractivity contribution in [2.24, 2.45) is 0 Å². The zero-order chi connectivity index (χ0) is 15.7. The van der Waals surface area contributed by atoms with Crippen LogP contribution in [-0.4, -0.2) is 17.1 Å². The molecule has 0 aliphatic rings. The molecule has 0 unspecified atom stereocenters. The van der Waals surface area contributed by atoms with Crippen molar-refractivity contribution in [3.05, 3.63) is 53.3 Å². The van der Waals surface area contributed by atoms with Gasteiger partial charge < -0.3 is 15.0 Å². The molecular weight excluding hydrogens is 295 g/mol. The van der Waals surface area contributed by atoms with Crippen molar-refractivity contribution < 1.29 is 17.9 Å². The highest BCUT2D eigenvalue weighted by molar-refractivity contribution is 5.79. The molecule has 1 aromatic heterocycles. The van der Waals surface area contributed by atoms with Crippen molar-refractivity contribution in [1.29, 1.82) is 0 Å². The Hall–Kier alpha value is -2.70. The van der Waals surface area contributed by atoms with Crippen molar-refractivity contribution in [2.75, 3.05) is 12.4 Å². The maximum atomic E-state index is 13.6. The van der Waals surface area contributed by atoms with Crippen molar-refractivity contribution in [1.82, 2.24) is 9.97 Å². The SMILES string of the molecule is COc1ccc2nc(NCc3ccc(F)c(F)c3F)[nH]c2c1. The molecule has 0 saturated heterocycles. The Balaban J connectivity index is 1.80. The van der Waals surface area contributed by atoms with Crippen LogP contribution in [0.4, 0.5) is 19.1 Å². The first-order valence-corrected chi connectivity index (χ1v) is 6.48. The van der Waals surface area contributed by atoms with E-state index in [1.165, 1.54) is 6.07 Å². The number of nitrogens with zero attached hydrogens (tertiary/aromatic N) is 1. The van der Waals surface area contributed by atoms with Gasteiger partial charge in [-0.2, -0.15) is 0 Å². The minimum atomic E-state index is -1.48. The van der Waals surface area contributed by atoms with Crippen molar-refractivity contribution in [3.8, 4) is 5.75 Å². The Morgan fingerprint density at radius 1 is 1.14 bits per heavy atom. The highest BCUT2D eigenvalue weighted by Gasteiger charge is 2.13. The van der Waals surface area contributed by atoms with Gasteiger partial charge in [0.1, 0.15) is 5.75 Å². The van der Waals surface area contributed by atoms with Crippen LogP contribution in [0.5, 0.6) is 5.75 Å². The molecule has 2 aromatic carbocycles. The lowest BCUT2D eigenvalue weighted by Gasteiger charge is -2.05. The molecule has 7 heteroatoms. The minimum absolute atomic E-state index is 0.0111. The van der Waals surface area contributed by atoms with E-state index in [-0.39, 0.29) is 12.1 Å². The average Bonchev–Trinajstić information content (AvgIpc) is 2.93. The molecule has 0 amide bonds. The molecule has 0 bridgehead atoms. The molecular formula is C15H12F3N3O. The first-order chi connectivity index (χ1) is 10.6. The summed E-state index contributed by atoms with van der Waals surface area (Å²) >= 11 is 0. The van der Waals surface area contributed by atoms with Gasteiger partial charge in [-0.3, -0.25) is 0 Å². The summed E-state index contributed by atoms with van der Waals surface area (Å²) in [5.74, 6) is -2.82. The molecule has 3 rings (SSSR count). The first-order valence-electron chi connectivity index (χ1n) is 6.48. The number of nitrogens with one attached hydrogen (secondary N) is 2. The Labute approximate surface area is 123 Å². The maximum absolute atomic E-state index is 13.6. The van der Waals surface area contributed by atoms with Crippen molar-refractivity contribution in [3.63, 3.8) is 0 Å². The molecule has 22 heavy (non-hydrogen) atoms. The van der Waals surface area contributed by atoms with Crippen LogP contribution >= 0.6 is 0 Å². The smallest absolute Gasteiger partial charge is 0.201 e. The average molecular weight is 307 g/mol. The molecule has 114 valence electrons. The molecule has 1 heterocycles. The molecule has 0 atom stereocenters. The molecule has 2 N–H and O–H groups in total. The van der Waals surface area contributed by atoms with E-state index in [9.17, 15) is 13.2 Å². The fourth-order valence-electron chi connectivity index (χ4n) is 2.08. The zero-order valence-electron chi connectivity index (χ0n) is 11.6. The number of anilines is 1. The van der Waals surface area contributed by atoms with Gasteiger partial charge >= 0.3 is 0 Å². The monoisotopic (exact) mass is 307 g/mol. The van der Waals surface area contributed by atoms with E-state index in [2.05, 4.69) is 15.3 Å². The quantitative estimate of drug-likeness (QED) is 0.724. The lowest BCUT2D eigenvalue weighted by Crippen LogP contribution is -2.05. The fraction of sp³-hybridized carbons (Fsp3) is 0.133. The summed E-state index contributed by atoms with van der Waals surface area (Å²) in [6.45, 7) is -0.0278. The summed E-state index contributed by atoms with van der Waals surface area (Å²) in [5.41, 5.74) is 1.46. The van der Waals surface area contributed by atoms with Gasteiger partial charge in [0.25, 0.3) is 0 Å². The van der Waals surface area contributed by atoms with Gasteiger partial charge in [-0.15, -0.1) is 0 Å². The third kappa shape index (κ3) is 2.57. The summed E-state index contributed by atoms with van der Waals surface area (Å²) in [6.07, 6.45) is 0. The second-order valence-electron chi connectivity index (χ2n) is 4.66. The van der Waals surface area contributed by atoms with E-state index in [4.69, 9.17) is 4.74 Å². The molecule has 0 aliphatic carbocycles. The molecule has 0 saturated carbocycles. The largest absolute Gasteiger partial charge is 0.497 e. The number of H-pyrrole nitrogens is 1. The number of methoxy groups -OCH3 is 1. The van der Waals surface area contributed by atoms with Gasteiger partial charge in [-0.1, -0.05) is 6.07 Å². The second-order valence-corrected chi connectivity index (χ2v) is 4.66. The standard InChI is InChI=1S/C15H12F3N3O/c1-22-9-3-5-11-12(6-9)21-15(20-11)19-7-8-2-4-10(16)14(18)13(8)17/h2-6H,7H2,1H3,(H2,19,20,21). The molecule has 4 nitrogen and oxygen atoms in total. The van der Waals surface area contributed by atoms with Crippen LogP contribution in [0, 0.1) is 17.5 Å². The Kier molecular flexibility index (Phi) is 3.62. The van der Waals surface area contributed by atoms with Crippen LogP contribution in [0.15, 0.2) is 30.3 Å². The fourth-order valence-corrected chi connectivity index (χ4v) is 2.08. The van der Waals surface area contributed by atoms with E-state index >= 15 is 0 Å². The Bertz CT molecular complexity index is 832. The summed E-state index contributed by atoms with van der Waals surface area (Å²) in [4.78, 5) is 7.25. The number of hydrogen-bond donors (Lipinski definition) is 2. The van der Waals surface area contributed by atoms with Crippen molar-refractivity contribution >= 4 is 17.0 Å². The number of hydrogen-bond acceptors (Lipinski definition) is 3. The normalized spacial score (nSPS) is 10.9. The predicted molar refractivity (Wildman–Crippen MR) is 76.3 cm³/mol. The Morgan fingerprint density at radius 3 is 2.73 bits per heavy atom. The Morgan fingerprint density at radius 2 is 1.95 bits per heavy atom. The summed E-state index contributed by atoms with van der Waals surface area (Å²) in [7, 11) is 1.56. The number of aromatic nitrogens is 2. The van der Waals surface area contributed by atoms with E-state index in [1.54, 1.807) is 25.3 Å². The van der Waals surface area contributed by atoms with Gasteiger partial charge in [0, 0.05) is 18.2 Å². The molecule has 0 spiro atoms. The number of imidazole rings is 1. The maximum Gasteiger partial charge on any atom is 0.201 e. The predicted octanol–water partition coefficient (Wildman–Crippen LogP) is 3.60. The van der Waals surface area contributed by atoms with Gasteiger partial charge in [0.15, 0.2) is 17.5 Å². The van der Waals surface area contributed by atoms with Gasteiger partial charge in [0.05, 0.1) is 18.1 Å². The van der Waals surface area contributed by atoms with Crippen LogP contribution in [0.3, 0.4) is 0 Å². The third-order valence-corrected chi connectivity index (χ3v) is 3.25. The van der Waals surface area contributed by atoms with Gasteiger partial charge in [-0.05, 0) is 18.2 Å². The van der Waals surface area contributed by atoms with Crippen LogP contribution in [-0.2, 0) is 6.54 Å².